The Morgan fingerprint density at radius 3 is 2.50 bits per heavy atom. The molecular formula is C19H22F3N3O2S. The van der Waals surface area contributed by atoms with E-state index < -0.39 is 11.9 Å². The first-order chi connectivity index (χ1) is 13.3. The van der Waals surface area contributed by atoms with Gasteiger partial charge in [0.05, 0.1) is 4.88 Å². The molecule has 152 valence electrons. The second kappa shape index (κ2) is 8.46. The molecule has 5 nitrogen and oxygen atoms in total. The summed E-state index contributed by atoms with van der Waals surface area (Å²) in [6.07, 6.45) is 0.616. The molecule has 1 aliphatic carbocycles. The fourth-order valence-electron chi connectivity index (χ4n) is 3.42. The van der Waals surface area contributed by atoms with E-state index in [9.17, 15) is 22.8 Å². The van der Waals surface area contributed by atoms with E-state index in [1.165, 1.54) is 12.5 Å². The summed E-state index contributed by atoms with van der Waals surface area (Å²) in [4.78, 5) is 28.6. The van der Waals surface area contributed by atoms with Gasteiger partial charge in [-0.1, -0.05) is 19.3 Å². The molecule has 0 aliphatic heterocycles. The maximum Gasteiger partial charge on any atom is 0.433 e. The van der Waals surface area contributed by atoms with Crippen molar-refractivity contribution in [2.24, 2.45) is 5.92 Å². The smallest absolute Gasteiger partial charge is 0.354 e. The normalized spacial score (nSPS) is 15.6. The third-order valence-corrected chi connectivity index (χ3v) is 6.19. The molecule has 2 heterocycles. The van der Waals surface area contributed by atoms with Crippen molar-refractivity contribution in [3.05, 3.63) is 28.3 Å². The van der Waals surface area contributed by atoms with Crippen molar-refractivity contribution in [1.29, 1.82) is 0 Å². The molecule has 0 atom stereocenters. The van der Waals surface area contributed by atoms with Crippen LogP contribution in [0.5, 0.6) is 0 Å². The molecular weight excluding hydrogens is 391 g/mol. The molecule has 3 rings (SSSR count). The minimum atomic E-state index is -4.52. The molecule has 2 N–H and O–H groups in total. The Morgan fingerprint density at radius 1 is 1.14 bits per heavy atom. The Balaban J connectivity index is 1.57. The van der Waals surface area contributed by atoms with Crippen LogP contribution in [0.15, 0.2) is 12.1 Å². The largest absolute Gasteiger partial charge is 0.433 e. The van der Waals surface area contributed by atoms with Crippen molar-refractivity contribution < 1.29 is 22.8 Å². The molecule has 0 spiro atoms. The molecule has 28 heavy (non-hydrogen) atoms. The summed E-state index contributed by atoms with van der Waals surface area (Å²) in [5.74, 6) is -0.292. The summed E-state index contributed by atoms with van der Waals surface area (Å²) in [6.45, 7) is 2.27. The Kier molecular flexibility index (Phi) is 6.22. The molecule has 2 aromatic rings. The molecule has 0 aromatic carbocycles. The monoisotopic (exact) mass is 413 g/mol. The summed E-state index contributed by atoms with van der Waals surface area (Å²) in [5, 5.41) is 6.08. The molecule has 0 saturated heterocycles. The standard InChI is InChI=1S/C19H22F3N3O2S/c1-11-13-7-8-14(19(20,21)22)25-18(13)28-15(11)17(27)24-10-9-23-16(26)12-5-3-2-4-6-12/h7-8,12H,2-6,9-10H2,1H3,(H,23,26)(H,24,27). The first kappa shape index (κ1) is 20.6. The first-order valence-corrected chi connectivity index (χ1v) is 10.1. The van der Waals surface area contributed by atoms with Crippen molar-refractivity contribution >= 4 is 33.4 Å². The first-order valence-electron chi connectivity index (χ1n) is 9.30. The highest BCUT2D eigenvalue weighted by Gasteiger charge is 2.33. The molecule has 0 radical (unpaired) electrons. The number of aryl methyl sites for hydroxylation is 1. The molecule has 9 heteroatoms. The van der Waals surface area contributed by atoms with Gasteiger partial charge >= 0.3 is 6.18 Å². The lowest BCUT2D eigenvalue weighted by molar-refractivity contribution is -0.141. The van der Waals surface area contributed by atoms with Crippen molar-refractivity contribution in [1.82, 2.24) is 15.6 Å². The number of hydrogen-bond acceptors (Lipinski definition) is 4. The average molecular weight is 413 g/mol. The summed E-state index contributed by atoms with van der Waals surface area (Å²) in [7, 11) is 0. The molecule has 0 unspecified atom stereocenters. The van der Waals surface area contributed by atoms with Crippen LogP contribution in [0.1, 0.15) is 53.0 Å². The maximum atomic E-state index is 12.8. The van der Waals surface area contributed by atoms with Crippen molar-refractivity contribution in [3.63, 3.8) is 0 Å². The van der Waals surface area contributed by atoms with Gasteiger partial charge < -0.3 is 10.6 Å². The van der Waals surface area contributed by atoms with Gasteiger partial charge in [0, 0.05) is 24.4 Å². The summed E-state index contributed by atoms with van der Waals surface area (Å²) >= 11 is 0.939. The molecule has 1 aliphatic rings. The Labute approximate surface area is 164 Å². The zero-order chi connectivity index (χ0) is 20.3. The zero-order valence-electron chi connectivity index (χ0n) is 15.5. The van der Waals surface area contributed by atoms with Crippen LogP contribution in [0.3, 0.4) is 0 Å². The molecule has 1 saturated carbocycles. The second-order valence-electron chi connectivity index (χ2n) is 6.99. The fraction of sp³-hybridized carbons (Fsp3) is 0.526. The maximum absolute atomic E-state index is 12.8. The quantitative estimate of drug-likeness (QED) is 0.727. The number of halogens is 3. The van der Waals surface area contributed by atoms with Gasteiger partial charge in [-0.2, -0.15) is 13.2 Å². The highest BCUT2D eigenvalue weighted by Crippen LogP contribution is 2.34. The van der Waals surface area contributed by atoms with E-state index in [1.54, 1.807) is 6.92 Å². The lowest BCUT2D eigenvalue weighted by Crippen LogP contribution is -2.38. The number of nitrogens with zero attached hydrogens (tertiary/aromatic N) is 1. The summed E-state index contributed by atoms with van der Waals surface area (Å²) in [6, 6.07) is 2.27. The Hall–Kier alpha value is -2.16. The number of pyridine rings is 1. The van der Waals surface area contributed by atoms with E-state index in [1.807, 2.05) is 0 Å². The van der Waals surface area contributed by atoms with Crippen LogP contribution in [-0.4, -0.2) is 29.9 Å². The van der Waals surface area contributed by atoms with Crippen LogP contribution >= 0.6 is 11.3 Å². The number of hydrogen-bond donors (Lipinski definition) is 2. The minimum absolute atomic E-state index is 0.0240. The number of nitrogens with one attached hydrogen (secondary N) is 2. The number of amides is 2. The third kappa shape index (κ3) is 4.63. The van der Waals surface area contributed by atoms with Crippen LogP contribution < -0.4 is 10.6 Å². The van der Waals surface area contributed by atoms with Crippen LogP contribution in [0, 0.1) is 12.8 Å². The second-order valence-corrected chi connectivity index (χ2v) is 7.98. The van der Waals surface area contributed by atoms with E-state index in [4.69, 9.17) is 0 Å². The van der Waals surface area contributed by atoms with E-state index >= 15 is 0 Å². The van der Waals surface area contributed by atoms with Gasteiger partial charge in [0.15, 0.2) is 0 Å². The van der Waals surface area contributed by atoms with E-state index in [0.29, 0.717) is 22.4 Å². The van der Waals surface area contributed by atoms with Crippen molar-refractivity contribution in [3.8, 4) is 0 Å². The number of carbonyl (C=O) groups excluding carboxylic acids is 2. The van der Waals surface area contributed by atoms with E-state index in [0.717, 1.165) is 43.1 Å². The highest BCUT2D eigenvalue weighted by molar-refractivity contribution is 7.20. The van der Waals surface area contributed by atoms with Crippen LogP contribution in [-0.2, 0) is 11.0 Å². The molecule has 1 fully saturated rings. The number of alkyl halides is 3. The van der Waals surface area contributed by atoms with Crippen LogP contribution in [0.4, 0.5) is 13.2 Å². The fourth-order valence-corrected chi connectivity index (χ4v) is 4.52. The van der Waals surface area contributed by atoms with E-state index in [-0.39, 0.29) is 29.1 Å². The lowest BCUT2D eigenvalue weighted by Gasteiger charge is -2.20. The van der Waals surface area contributed by atoms with Gasteiger partial charge in [0.1, 0.15) is 10.5 Å². The van der Waals surface area contributed by atoms with Gasteiger partial charge in [-0.3, -0.25) is 9.59 Å². The number of fused-ring (bicyclic) bond motifs is 1. The molecule has 2 aromatic heterocycles. The zero-order valence-corrected chi connectivity index (χ0v) is 16.3. The highest BCUT2D eigenvalue weighted by atomic mass is 32.1. The Bertz CT molecular complexity index is 873. The van der Waals surface area contributed by atoms with Crippen LogP contribution in [0.2, 0.25) is 0 Å². The van der Waals surface area contributed by atoms with Gasteiger partial charge in [0.2, 0.25) is 5.91 Å². The predicted molar refractivity (Wildman–Crippen MR) is 101 cm³/mol. The lowest BCUT2D eigenvalue weighted by atomic mass is 9.89. The molecule has 2 amide bonds. The summed E-state index contributed by atoms with van der Waals surface area (Å²) in [5.41, 5.74) is -0.372. The Morgan fingerprint density at radius 2 is 1.82 bits per heavy atom. The van der Waals surface area contributed by atoms with Crippen molar-refractivity contribution in [2.45, 2.75) is 45.2 Å². The van der Waals surface area contributed by atoms with Gasteiger partial charge in [-0.05, 0) is 37.5 Å². The SMILES string of the molecule is Cc1c(C(=O)NCCNC(=O)C2CCCCC2)sc2nc(C(F)(F)F)ccc12. The third-order valence-electron chi connectivity index (χ3n) is 4.99. The molecule has 0 bridgehead atoms. The summed E-state index contributed by atoms with van der Waals surface area (Å²) < 4.78 is 38.4. The van der Waals surface area contributed by atoms with Crippen LogP contribution in [0.25, 0.3) is 10.2 Å². The van der Waals surface area contributed by atoms with E-state index in [2.05, 4.69) is 15.6 Å². The van der Waals surface area contributed by atoms with Gasteiger partial charge in [-0.25, -0.2) is 4.98 Å². The topological polar surface area (TPSA) is 71.1 Å². The number of aromatic nitrogens is 1. The number of rotatable bonds is 5. The van der Waals surface area contributed by atoms with Gasteiger partial charge in [-0.15, -0.1) is 11.3 Å². The predicted octanol–water partition coefficient (Wildman–Crippen LogP) is 4.05. The minimum Gasteiger partial charge on any atom is -0.354 e. The average Bonchev–Trinajstić information content (AvgIpc) is 3.01. The number of thiophene rings is 1. The van der Waals surface area contributed by atoms with Crippen molar-refractivity contribution in [2.75, 3.05) is 13.1 Å². The number of carbonyl (C=O) groups is 2. The van der Waals surface area contributed by atoms with Gasteiger partial charge in [0.25, 0.3) is 5.91 Å².